The molecule has 0 rings (SSSR count). The van der Waals surface area contributed by atoms with E-state index in [1.54, 1.807) is 7.11 Å². The van der Waals surface area contributed by atoms with Crippen LogP contribution in [-0.4, -0.2) is 34.5 Å². The van der Waals surface area contributed by atoms with Gasteiger partial charge in [0.25, 0.3) is 0 Å². The van der Waals surface area contributed by atoms with Gasteiger partial charge in [-0.1, -0.05) is 0 Å². The molecule has 1 N–H and O–H groups in total. The maximum Gasteiger partial charge on any atom is 0.405 e. The summed E-state index contributed by atoms with van der Waals surface area (Å²) < 4.78 is 25.1. The Kier molecular flexibility index (Phi) is 5.72. The molecule has 0 unspecified atom stereocenters. The van der Waals surface area contributed by atoms with Crippen molar-refractivity contribution in [3.63, 3.8) is 0 Å². The second-order valence-corrected chi connectivity index (χ2v) is 3.80. The van der Waals surface area contributed by atoms with Crippen molar-refractivity contribution in [1.29, 1.82) is 0 Å². The summed E-state index contributed by atoms with van der Waals surface area (Å²) in [4.78, 5) is 0. The summed E-state index contributed by atoms with van der Waals surface area (Å²) in [6.07, 6.45) is 0. The molecule has 6 heteroatoms. The van der Waals surface area contributed by atoms with Gasteiger partial charge in [0.15, 0.2) is 0 Å². The lowest BCUT2D eigenvalue weighted by Gasteiger charge is -2.13. The van der Waals surface area contributed by atoms with Gasteiger partial charge in [-0.15, -0.1) is 0 Å². The predicted octanol–water partition coefficient (Wildman–Crippen LogP) is 0.623. The molecule has 0 aliphatic carbocycles. The molecule has 0 heterocycles. The normalized spacial score (nSPS) is 11.9. The molecule has 0 saturated carbocycles. The average Bonchev–Trinajstić information content (AvgIpc) is 2.05. The largest absolute Gasteiger partial charge is 0.405 e. The van der Waals surface area contributed by atoms with Gasteiger partial charge in [-0.2, -0.15) is 0 Å². The molecular weight excluding hydrogens is 169 g/mol. The third-order valence-electron chi connectivity index (χ3n) is 1.09. The van der Waals surface area contributed by atoms with E-state index in [4.69, 9.17) is 4.74 Å². The van der Waals surface area contributed by atoms with Crippen LogP contribution >= 0.6 is 7.75 Å². The van der Waals surface area contributed by atoms with E-state index in [0.717, 1.165) is 0 Å². The molecule has 5 nitrogen and oxygen atoms in total. The van der Waals surface area contributed by atoms with Crippen LogP contribution in [-0.2, 0) is 18.3 Å². The molecule has 68 valence electrons. The Hall–Kier alpha value is 0.0700. The summed E-state index contributed by atoms with van der Waals surface area (Å²) in [6.45, 7) is 0.909. The molecule has 0 aromatic heterocycles. The minimum Gasteiger partial charge on any atom is -0.383 e. The molecule has 0 aliphatic rings. The van der Waals surface area contributed by atoms with Gasteiger partial charge in [0, 0.05) is 27.9 Å². The van der Waals surface area contributed by atoms with E-state index in [1.165, 1.54) is 14.2 Å². The van der Waals surface area contributed by atoms with E-state index in [-0.39, 0.29) is 0 Å². The van der Waals surface area contributed by atoms with Gasteiger partial charge in [0.1, 0.15) is 0 Å². The fourth-order valence-corrected chi connectivity index (χ4v) is 1.26. The number of rotatable bonds is 6. The van der Waals surface area contributed by atoms with Gasteiger partial charge >= 0.3 is 7.75 Å². The molecule has 0 spiro atoms. The molecule has 0 amide bonds. The summed E-state index contributed by atoms with van der Waals surface area (Å²) in [6, 6.07) is 0. The van der Waals surface area contributed by atoms with Crippen LogP contribution in [0.15, 0.2) is 0 Å². The molecule has 0 radical (unpaired) electrons. The smallest absolute Gasteiger partial charge is 0.383 e. The zero-order valence-electron chi connectivity index (χ0n) is 6.99. The van der Waals surface area contributed by atoms with Gasteiger partial charge in [-0.05, 0) is 0 Å². The van der Waals surface area contributed by atoms with Gasteiger partial charge < -0.3 is 13.8 Å². The third-order valence-corrected chi connectivity index (χ3v) is 2.66. The number of nitrogens with one attached hydrogen (secondary N) is 1. The van der Waals surface area contributed by atoms with Gasteiger partial charge in [-0.25, -0.2) is 9.65 Å². The lowest BCUT2D eigenvalue weighted by molar-refractivity contribution is 0.197. The second-order valence-electron chi connectivity index (χ2n) is 1.76. The Morgan fingerprint density at radius 3 is 2.18 bits per heavy atom. The van der Waals surface area contributed by atoms with Crippen molar-refractivity contribution in [1.82, 2.24) is 5.09 Å². The first-order valence-corrected chi connectivity index (χ1v) is 4.68. The molecule has 0 aromatic carbocycles. The van der Waals surface area contributed by atoms with Crippen LogP contribution in [0.3, 0.4) is 0 Å². The standard InChI is InChI=1S/C5H14NO4P/c1-8-5-4-6-11(7,9-2)10-3/h4-5H2,1-3H3,(H,6,7). The Labute approximate surface area is 66.6 Å². The second kappa shape index (κ2) is 5.69. The highest BCUT2D eigenvalue weighted by Gasteiger charge is 2.18. The Balaban J connectivity index is 3.61. The van der Waals surface area contributed by atoms with E-state index < -0.39 is 7.75 Å². The summed E-state index contributed by atoms with van der Waals surface area (Å²) in [5.74, 6) is 0. The number of ether oxygens (including phenoxy) is 1. The molecule has 0 saturated heterocycles. The molecule has 0 atom stereocenters. The average molecular weight is 183 g/mol. The van der Waals surface area contributed by atoms with Crippen molar-refractivity contribution in [3.05, 3.63) is 0 Å². The van der Waals surface area contributed by atoms with E-state index in [2.05, 4.69) is 14.1 Å². The first-order chi connectivity index (χ1) is 5.18. The third kappa shape index (κ3) is 4.50. The molecule has 0 bridgehead atoms. The highest BCUT2D eigenvalue weighted by molar-refractivity contribution is 7.51. The zero-order chi connectivity index (χ0) is 8.74. The summed E-state index contributed by atoms with van der Waals surface area (Å²) in [7, 11) is 1.17. The van der Waals surface area contributed by atoms with Crippen molar-refractivity contribution in [2.24, 2.45) is 0 Å². The Morgan fingerprint density at radius 1 is 1.27 bits per heavy atom. The van der Waals surface area contributed by atoms with Crippen molar-refractivity contribution >= 4 is 7.75 Å². The summed E-state index contributed by atoms with van der Waals surface area (Å²) >= 11 is 0. The van der Waals surface area contributed by atoms with Crippen LogP contribution in [0.2, 0.25) is 0 Å². The topological polar surface area (TPSA) is 56.8 Å². The van der Waals surface area contributed by atoms with Gasteiger partial charge in [0.2, 0.25) is 0 Å². The molecule has 0 aliphatic heterocycles. The van der Waals surface area contributed by atoms with Crippen molar-refractivity contribution in [2.45, 2.75) is 0 Å². The van der Waals surface area contributed by atoms with E-state index in [9.17, 15) is 4.57 Å². The molecular formula is C5H14NO4P. The zero-order valence-corrected chi connectivity index (χ0v) is 7.89. The van der Waals surface area contributed by atoms with Gasteiger partial charge in [0.05, 0.1) is 6.61 Å². The molecule has 0 fully saturated rings. The van der Waals surface area contributed by atoms with Crippen LogP contribution in [0.1, 0.15) is 0 Å². The highest BCUT2D eigenvalue weighted by Crippen LogP contribution is 2.40. The monoisotopic (exact) mass is 183 g/mol. The van der Waals surface area contributed by atoms with Gasteiger partial charge in [-0.3, -0.25) is 0 Å². The van der Waals surface area contributed by atoms with E-state index >= 15 is 0 Å². The van der Waals surface area contributed by atoms with Crippen molar-refractivity contribution in [2.75, 3.05) is 34.5 Å². The van der Waals surface area contributed by atoms with Crippen molar-refractivity contribution in [3.8, 4) is 0 Å². The lowest BCUT2D eigenvalue weighted by Crippen LogP contribution is -2.17. The Morgan fingerprint density at radius 2 is 1.82 bits per heavy atom. The molecule has 11 heavy (non-hydrogen) atoms. The summed E-state index contributed by atoms with van der Waals surface area (Å²) in [5, 5.41) is 2.58. The SMILES string of the molecule is COCCNP(=O)(OC)OC. The highest BCUT2D eigenvalue weighted by atomic mass is 31.2. The van der Waals surface area contributed by atoms with E-state index in [1.807, 2.05) is 0 Å². The summed E-state index contributed by atoms with van der Waals surface area (Å²) in [5.41, 5.74) is 0. The van der Waals surface area contributed by atoms with Crippen LogP contribution in [0.25, 0.3) is 0 Å². The van der Waals surface area contributed by atoms with Crippen molar-refractivity contribution < 1.29 is 18.3 Å². The number of methoxy groups -OCH3 is 1. The predicted molar refractivity (Wildman–Crippen MR) is 41.5 cm³/mol. The van der Waals surface area contributed by atoms with Crippen LogP contribution in [0.5, 0.6) is 0 Å². The lowest BCUT2D eigenvalue weighted by atomic mass is 10.7. The number of hydrogen-bond donors (Lipinski definition) is 1. The fourth-order valence-electron chi connectivity index (χ4n) is 0.488. The maximum atomic E-state index is 11.2. The minimum atomic E-state index is -3.04. The van der Waals surface area contributed by atoms with E-state index in [0.29, 0.717) is 13.2 Å². The van der Waals surface area contributed by atoms with Crippen LogP contribution < -0.4 is 5.09 Å². The first kappa shape index (κ1) is 11.1. The Bertz CT molecular complexity index is 132. The molecule has 0 aromatic rings. The number of hydrogen-bond acceptors (Lipinski definition) is 4. The maximum absolute atomic E-state index is 11.2. The fraction of sp³-hybridized carbons (Fsp3) is 1.00. The van der Waals surface area contributed by atoms with Crippen LogP contribution in [0, 0.1) is 0 Å². The quantitative estimate of drug-likeness (QED) is 0.483. The minimum absolute atomic E-state index is 0.440. The first-order valence-electron chi connectivity index (χ1n) is 3.14. The van der Waals surface area contributed by atoms with Crippen LogP contribution in [0.4, 0.5) is 0 Å².